The lowest BCUT2D eigenvalue weighted by molar-refractivity contribution is -0.150. The minimum Gasteiger partial charge on any atom is -0.479 e. The first kappa shape index (κ1) is 12.9. The molecule has 0 saturated carbocycles. The Balaban J connectivity index is 1.95. The predicted molar refractivity (Wildman–Crippen MR) is 65.6 cm³/mol. The Bertz CT molecular complexity index is 477. The Morgan fingerprint density at radius 3 is 2.67 bits per heavy atom. The zero-order valence-electron chi connectivity index (χ0n) is 9.43. The molecule has 96 valence electrons. The van der Waals surface area contributed by atoms with Gasteiger partial charge in [0.05, 0.1) is 0 Å². The van der Waals surface area contributed by atoms with Crippen molar-refractivity contribution in [2.24, 2.45) is 0 Å². The second kappa shape index (κ2) is 5.37. The van der Waals surface area contributed by atoms with Gasteiger partial charge in [0.1, 0.15) is 6.10 Å². The van der Waals surface area contributed by atoms with Crippen LogP contribution in [-0.4, -0.2) is 29.2 Å². The number of carboxylic acid groups (broad SMARTS) is 1. The molecule has 1 amide bonds. The number of hydrogen-bond acceptors (Lipinski definition) is 3. The number of benzene rings is 1. The van der Waals surface area contributed by atoms with Gasteiger partial charge in [-0.05, 0) is 31.0 Å². The van der Waals surface area contributed by atoms with Crippen molar-refractivity contribution in [3.8, 4) is 0 Å². The molecule has 1 aliphatic heterocycles. The molecule has 2 unspecified atom stereocenters. The first-order valence-corrected chi connectivity index (χ1v) is 5.89. The average molecular weight is 270 g/mol. The van der Waals surface area contributed by atoms with Gasteiger partial charge >= 0.3 is 5.97 Å². The quantitative estimate of drug-likeness (QED) is 0.879. The summed E-state index contributed by atoms with van der Waals surface area (Å²) >= 11 is 5.79. The van der Waals surface area contributed by atoms with E-state index in [1.54, 1.807) is 24.3 Å². The highest BCUT2D eigenvalue weighted by Gasteiger charge is 2.34. The first-order chi connectivity index (χ1) is 8.56. The van der Waals surface area contributed by atoms with Gasteiger partial charge in [0.2, 0.25) is 0 Å². The summed E-state index contributed by atoms with van der Waals surface area (Å²) in [7, 11) is 0. The molecule has 1 aliphatic rings. The summed E-state index contributed by atoms with van der Waals surface area (Å²) in [6.07, 6.45) is -0.850. The standard InChI is InChI=1S/C12H12ClNO4/c13-7-2-1-3-8(6-7)14-11(15)9-4-5-10(18-9)12(16)17/h1-3,6,9-10H,4-5H2,(H,14,15)(H,16,17). The van der Waals surface area contributed by atoms with E-state index >= 15 is 0 Å². The van der Waals surface area contributed by atoms with Crippen molar-refractivity contribution in [2.45, 2.75) is 25.0 Å². The monoisotopic (exact) mass is 269 g/mol. The van der Waals surface area contributed by atoms with Crippen molar-refractivity contribution >= 4 is 29.2 Å². The highest BCUT2D eigenvalue weighted by atomic mass is 35.5. The summed E-state index contributed by atoms with van der Waals surface area (Å²) in [4.78, 5) is 22.5. The van der Waals surface area contributed by atoms with Gasteiger partial charge in [0.15, 0.2) is 6.10 Å². The van der Waals surface area contributed by atoms with E-state index in [4.69, 9.17) is 21.4 Å². The van der Waals surface area contributed by atoms with E-state index in [0.717, 1.165) is 0 Å². The van der Waals surface area contributed by atoms with Gasteiger partial charge in [0.25, 0.3) is 5.91 Å². The Morgan fingerprint density at radius 1 is 1.33 bits per heavy atom. The van der Waals surface area contributed by atoms with E-state index in [1.807, 2.05) is 0 Å². The van der Waals surface area contributed by atoms with Crippen molar-refractivity contribution in [2.75, 3.05) is 5.32 Å². The van der Waals surface area contributed by atoms with E-state index in [9.17, 15) is 9.59 Å². The maximum absolute atomic E-state index is 11.8. The normalized spacial score (nSPS) is 22.7. The van der Waals surface area contributed by atoms with Crippen LogP contribution in [0.25, 0.3) is 0 Å². The number of carbonyl (C=O) groups excluding carboxylic acids is 1. The topological polar surface area (TPSA) is 75.6 Å². The number of hydrogen-bond donors (Lipinski definition) is 2. The molecule has 6 heteroatoms. The van der Waals surface area contributed by atoms with Gasteiger partial charge in [-0.1, -0.05) is 17.7 Å². The zero-order chi connectivity index (χ0) is 13.1. The van der Waals surface area contributed by atoms with Crippen LogP contribution in [0.5, 0.6) is 0 Å². The Labute approximate surface area is 109 Å². The van der Waals surface area contributed by atoms with Gasteiger partial charge in [-0.3, -0.25) is 4.79 Å². The molecule has 1 heterocycles. The first-order valence-electron chi connectivity index (χ1n) is 5.51. The highest BCUT2D eigenvalue weighted by molar-refractivity contribution is 6.30. The van der Waals surface area contributed by atoms with E-state index in [2.05, 4.69) is 5.32 Å². The third-order valence-corrected chi connectivity index (χ3v) is 2.91. The number of anilines is 1. The molecule has 0 bridgehead atoms. The largest absolute Gasteiger partial charge is 0.479 e. The maximum atomic E-state index is 11.8. The van der Waals surface area contributed by atoms with Gasteiger partial charge in [-0.15, -0.1) is 0 Å². The lowest BCUT2D eigenvalue weighted by Gasteiger charge is -2.11. The second-order valence-electron chi connectivity index (χ2n) is 4.03. The lowest BCUT2D eigenvalue weighted by Crippen LogP contribution is -2.29. The SMILES string of the molecule is O=C(O)C1CCC(C(=O)Nc2cccc(Cl)c2)O1. The van der Waals surface area contributed by atoms with Gasteiger partial charge < -0.3 is 15.2 Å². The number of amides is 1. The van der Waals surface area contributed by atoms with Crippen LogP contribution < -0.4 is 5.32 Å². The molecule has 2 rings (SSSR count). The Kier molecular flexibility index (Phi) is 3.84. The fourth-order valence-corrected chi connectivity index (χ4v) is 1.99. The van der Waals surface area contributed by atoms with Crippen LogP contribution in [0.2, 0.25) is 5.02 Å². The van der Waals surface area contributed by atoms with Crippen molar-refractivity contribution in [1.29, 1.82) is 0 Å². The van der Waals surface area contributed by atoms with Gasteiger partial charge in [-0.25, -0.2) is 4.79 Å². The molecule has 2 N–H and O–H groups in total. The van der Waals surface area contributed by atoms with E-state index < -0.39 is 18.2 Å². The van der Waals surface area contributed by atoms with E-state index in [0.29, 0.717) is 23.6 Å². The molecule has 1 fully saturated rings. The average Bonchev–Trinajstić information content (AvgIpc) is 2.78. The van der Waals surface area contributed by atoms with E-state index in [-0.39, 0.29) is 5.91 Å². The van der Waals surface area contributed by atoms with Crippen LogP contribution in [0.1, 0.15) is 12.8 Å². The number of rotatable bonds is 3. The number of halogens is 1. The van der Waals surface area contributed by atoms with Crippen molar-refractivity contribution < 1.29 is 19.4 Å². The number of nitrogens with one attached hydrogen (secondary N) is 1. The van der Waals surface area contributed by atoms with Crippen molar-refractivity contribution in [1.82, 2.24) is 0 Å². The predicted octanol–water partition coefficient (Wildman–Crippen LogP) is 1.91. The molecule has 0 aromatic heterocycles. The lowest BCUT2D eigenvalue weighted by atomic mass is 10.2. The van der Waals surface area contributed by atoms with Gasteiger partial charge in [-0.2, -0.15) is 0 Å². The molecule has 0 spiro atoms. The van der Waals surface area contributed by atoms with Crippen molar-refractivity contribution in [3.63, 3.8) is 0 Å². The molecule has 0 radical (unpaired) electrons. The van der Waals surface area contributed by atoms with E-state index in [1.165, 1.54) is 0 Å². The molecule has 2 atom stereocenters. The minimum absolute atomic E-state index is 0.346. The van der Waals surface area contributed by atoms with Crippen LogP contribution in [0.3, 0.4) is 0 Å². The Morgan fingerprint density at radius 2 is 2.06 bits per heavy atom. The molecule has 1 aromatic carbocycles. The summed E-state index contributed by atoms with van der Waals surface area (Å²) in [5.41, 5.74) is 0.565. The maximum Gasteiger partial charge on any atom is 0.332 e. The van der Waals surface area contributed by atoms with Crippen LogP contribution in [-0.2, 0) is 14.3 Å². The summed E-state index contributed by atoms with van der Waals surface area (Å²) < 4.78 is 5.14. The van der Waals surface area contributed by atoms with Crippen LogP contribution >= 0.6 is 11.6 Å². The number of aliphatic carboxylic acids is 1. The summed E-state index contributed by atoms with van der Waals surface area (Å²) in [6.45, 7) is 0. The molecule has 18 heavy (non-hydrogen) atoms. The number of ether oxygens (including phenoxy) is 1. The fourth-order valence-electron chi connectivity index (χ4n) is 1.80. The Hall–Kier alpha value is -1.59. The third kappa shape index (κ3) is 3.00. The van der Waals surface area contributed by atoms with Crippen molar-refractivity contribution in [3.05, 3.63) is 29.3 Å². The van der Waals surface area contributed by atoms with Crippen LogP contribution in [0, 0.1) is 0 Å². The molecular weight excluding hydrogens is 258 g/mol. The second-order valence-corrected chi connectivity index (χ2v) is 4.46. The van der Waals surface area contributed by atoms with Crippen LogP contribution in [0.15, 0.2) is 24.3 Å². The number of carboxylic acids is 1. The highest BCUT2D eigenvalue weighted by Crippen LogP contribution is 2.22. The molecular formula is C12H12ClNO4. The summed E-state index contributed by atoms with van der Waals surface area (Å²) in [5, 5.41) is 11.9. The molecule has 1 saturated heterocycles. The fraction of sp³-hybridized carbons (Fsp3) is 0.333. The minimum atomic E-state index is -1.03. The van der Waals surface area contributed by atoms with Crippen LogP contribution in [0.4, 0.5) is 5.69 Å². The molecule has 0 aliphatic carbocycles. The smallest absolute Gasteiger partial charge is 0.332 e. The molecule has 5 nitrogen and oxygen atoms in total. The number of carbonyl (C=O) groups is 2. The molecule has 1 aromatic rings. The summed E-state index contributed by atoms with van der Waals surface area (Å²) in [6, 6.07) is 6.73. The zero-order valence-corrected chi connectivity index (χ0v) is 10.2. The summed E-state index contributed by atoms with van der Waals surface area (Å²) in [5.74, 6) is -1.38. The third-order valence-electron chi connectivity index (χ3n) is 2.68. The van der Waals surface area contributed by atoms with Gasteiger partial charge in [0, 0.05) is 10.7 Å².